The Kier molecular flexibility index (Phi) is 7.21. The van der Waals surface area contributed by atoms with E-state index >= 15 is 0 Å². The number of halogens is 2. The Morgan fingerprint density at radius 2 is 1.95 bits per heavy atom. The number of nitrogens with zero attached hydrogens (tertiary/aromatic N) is 4. The summed E-state index contributed by atoms with van der Waals surface area (Å²) in [5.74, 6) is -0.367. The Balaban J connectivity index is 1.26. The fraction of sp³-hybridized carbons (Fsp3) is 0.296. The largest absolute Gasteiger partial charge is 0.422 e. The molecule has 2 aromatic carbocycles. The zero-order chi connectivity index (χ0) is 27.9. The third-order valence-corrected chi connectivity index (χ3v) is 7.68. The number of carbonyl (C=O) groups is 2. The first-order valence-corrected chi connectivity index (χ1v) is 13.4. The van der Waals surface area contributed by atoms with E-state index in [-0.39, 0.29) is 35.5 Å². The van der Waals surface area contributed by atoms with Crippen molar-refractivity contribution in [3.63, 3.8) is 0 Å². The molecule has 0 radical (unpaired) electrons. The molecule has 1 unspecified atom stereocenters. The molecule has 202 valence electrons. The number of benzene rings is 2. The molecule has 0 saturated carbocycles. The van der Waals surface area contributed by atoms with Crippen molar-refractivity contribution in [3.8, 4) is 0 Å². The van der Waals surface area contributed by atoms with Gasteiger partial charge in [-0.05, 0) is 55.0 Å². The van der Waals surface area contributed by atoms with E-state index in [0.717, 1.165) is 4.47 Å². The monoisotopic (exact) mass is 612 g/mol. The minimum absolute atomic E-state index is 0.0382. The van der Waals surface area contributed by atoms with Crippen LogP contribution in [0.15, 0.2) is 62.3 Å². The lowest BCUT2D eigenvalue weighted by molar-refractivity contribution is -0.0398. The summed E-state index contributed by atoms with van der Waals surface area (Å²) in [6.07, 6.45) is 1.73. The van der Waals surface area contributed by atoms with Crippen LogP contribution >= 0.6 is 27.5 Å². The van der Waals surface area contributed by atoms with Gasteiger partial charge < -0.3 is 20.0 Å². The van der Waals surface area contributed by atoms with Gasteiger partial charge in [-0.25, -0.2) is 9.59 Å². The van der Waals surface area contributed by atoms with Crippen LogP contribution in [0.2, 0.25) is 5.02 Å². The summed E-state index contributed by atoms with van der Waals surface area (Å²) in [7, 11) is 0. The van der Waals surface area contributed by atoms with Gasteiger partial charge in [-0.3, -0.25) is 9.48 Å². The minimum atomic E-state index is -0.651. The average Bonchev–Trinajstić information content (AvgIpc) is 3.34. The van der Waals surface area contributed by atoms with Gasteiger partial charge in [0.2, 0.25) is 0 Å². The smallest absolute Gasteiger partial charge is 0.349 e. The molecule has 1 saturated heterocycles. The molecule has 1 fully saturated rings. The van der Waals surface area contributed by atoms with E-state index in [9.17, 15) is 14.4 Å². The van der Waals surface area contributed by atoms with Gasteiger partial charge in [-0.2, -0.15) is 0 Å². The molecule has 1 aliphatic heterocycles. The Morgan fingerprint density at radius 1 is 1.21 bits per heavy atom. The van der Waals surface area contributed by atoms with Crippen molar-refractivity contribution in [1.82, 2.24) is 25.2 Å². The van der Waals surface area contributed by atoms with Gasteiger partial charge in [-0.1, -0.05) is 46.6 Å². The van der Waals surface area contributed by atoms with Crippen LogP contribution in [0.25, 0.3) is 11.0 Å². The third kappa shape index (κ3) is 5.55. The van der Waals surface area contributed by atoms with Crippen molar-refractivity contribution in [3.05, 3.63) is 85.4 Å². The maximum Gasteiger partial charge on any atom is 0.349 e. The molecular weight excluding hydrogens is 588 g/mol. The number of anilines is 1. The molecule has 12 heteroatoms. The van der Waals surface area contributed by atoms with Gasteiger partial charge in [-0.15, -0.1) is 5.10 Å². The number of amides is 3. The average molecular weight is 614 g/mol. The number of likely N-dealkylation sites (tertiary alicyclic amines) is 1. The quantitative estimate of drug-likeness (QED) is 0.296. The van der Waals surface area contributed by atoms with Gasteiger partial charge in [0, 0.05) is 32.5 Å². The Bertz CT molecular complexity index is 1630. The first kappa shape index (κ1) is 26.9. The van der Waals surface area contributed by atoms with Crippen LogP contribution in [0.3, 0.4) is 0 Å². The Morgan fingerprint density at radius 3 is 2.67 bits per heavy atom. The second-order valence-electron chi connectivity index (χ2n) is 10.2. The number of aromatic nitrogens is 3. The minimum Gasteiger partial charge on any atom is -0.422 e. The fourth-order valence-corrected chi connectivity index (χ4v) is 5.29. The molecule has 3 heterocycles. The predicted molar refractivity (Wildman–Crippen MR) is 151 cm³/mol. The molecule has 5 rings (SSSR count). The second kappa shape index (κ2) is 10.5. The van der Waals surface area contributed by atoms with Gasteiger partial charge in [0.05, 0.1) is 25.3 Å². The molecule has 3 amide bonds. The summed E-state index contributed by atoms with van der Waals surface area (Å²) in [5, 5.41) is 15.1. The topological polar surface area (TPSA) is 122 Å². The first-order valence-electron chi connectivity index (χ1n) is 12.3. The Hall–Kier alpha value is -3.70. The molecule has 1 aliphatic rings. The number of hydrogen-bond acceptors (Lipinski definition) is 6. The number of fused-ring (bicyclic) bond motifs is 1. The Labute approximate surface area is 237 Å². The molecule has 10 nitrogen and oxygen atoms in total. The molecule has 1 atom stereocenters. The van der Waals surface area contributed by atoms with Crippen LogP contribution in [-0.2, 0) is 13.1 Å². The van der Waals surface area contributed by atoms with E-state index in [0.29, 0.717) is 46.0 Å². The van der Waals surface area contributed by atoms with Crippen LogP contribution in [0.1, 0.15) is 35.5 Å². The fourth-order valence-electron chi connectivity index (χ4n) is 4.80. The SMILES string of the molecule is Cc1c(C(=O)N2CC(C)(C)C2Cn2cc(CNC(=O)Nc3ccc(Cl)cc3)nn2)c(=O)oc2ccc(Br)cc12. The highest BCUT2D eigenvalue weighted by Gasteiger charge is 2.49. The number of urea groups is 1. The zero-order valence-electron chi connectivity index (χ0n) is 21.5. The standard InChI is InChI=1S/C27H26BrClN6O4/c1-15-20-10-16(28)4-9-21(20)39-25(37)23(15)24(36)35-14-27(2,3)22(35)13-34-12-19(32-33-34)11-30-26(38)31-18-7-5-17(29)6-8-18/h4-10,12,22H,11,13-14H2,1-3H3,(H2,30,31,38). The molecule has 2 N–H and O–H groups in total. The van der Waals surface area contributed by atoms with Gasteiger partial charge in [0.1, 0.15) is 16.8 Å². The van der Waals surface area contributed by atoms with E-state index < -0.39 is 5.63 Å². The molecule has 39 heavy (non-hydrogen) atoms. The van der Waals surface area contributed by atoms with Gasteiger partial charge in [0.25, 0.3) is 5.91 Å². The summed E-state index contributed by atoms with van der Waals surface area (Å²) >= 11 is 9.31. The summed E-state index contributed by atoms with van der Waals surface area (Å²) in [6, 6.07) is 11.5. The molecule has 4 aromatic rings. The number of hydrogen-bond donors (Lipinski definition) is 2. The van der Waals surface area contributed by atoms with Crippen LogP contribution in [0, 0.1) is 12.3 Å². The van der Waals surface area contributed by atoms with E-state index in [4.69, 9.17) is 16.0 Å². The zero-order valence-corrected chi connectivity index (χ0v) is 23.8. The van der Waals surface area contributed by atoms with Gasteiger partial charge in [0.15, 0.2) is 0 Å². The van der Waals surface area contributed by atoms with Crippen molar-refractivity contribution < 1.29 is 14.0 Å². The molecule has 2 aromatic heterocycles. The van der Waals surface area contributed by atoms with Crippen molar-refractivity contribution in [2.75, 3.05) is 11.9 Å². The number of rotatable bonds is 6. The predicted octanol–water partition coefficient (Wildman–Crippen LogP) is 4.98. The lowest BCUT2D eigenvalue weighted by Crippen LogP contribution is -2.65. The van der Waals surface area contributed by atoms with E-state index in [1.807, 2.05) is 6.07 Å². The van der Waals surface area contributed by atoms with E-state index in [1.165, 1.54) is 0 Å². The number of aryl methyl sites for hydroxylation is 1. The first-order chi connectivity index (χ1) is 18.5. The summed E-state index contributed by atoms with van der Waals surface area (Å²) in [6.45, 7) is 6.93. The summed E-state index contributed by atoms with van der Waals surface area (Å²) in [5.41, 5.74) is 1.38. The van der Waals surface area contributed by atoms with Crippen LogP contribution in [0.4, 0.5) is 10.5 Å². The maximum absolute atomic E-state index is 13.6. The normalized spacial score (nSPS) is 16.1. The van der Waals surface area contributed by atoms with Crippen molar-refractivity contribution in [2.45, 2.75) is 39.9 Å². The highest BCUT2D eigenvalue weighted by atomic mass is 79.9. The lowest BCUT2D eigenvalue weighted by Gasteiger charge is -2.54. The molecule has 0 spiro atoms. The van der Waals surface area contributed by atoms with Crippen molar-refractivity contribution in [2.24, 2.45) is 5.41 Å². The molecular formula is C27H26BrClN6O4. The maximum atomic E-state index is 13.6. The number of carbonyl (C=O) groups excluding carboxylic acids is 2. The van der Waals surface area contributed by atoms with Crippen LogP contribution in [0.5, 0.6) is 0 Å². The highest BCUT2D eigenvalue weighted by molar-refractivity contribution is 9.10. The van der Waals surface area contributed by atoms with Crippen LogP contribution < -0.4 is 16.3 Å². The number of nitrogens with one attached hydrogen (secondary N) is 2. The van der Waals surface area contributed by atoms with Crippen LogP contribution in [-0.4, -0.2) is 44.4 Å². The van der Waals surface area contributed by atoms with Gasteiger partial charge >= 0.3 is 11.7 Å². The molecule has 0 bridgehead atoms. The second-order valence-corrected chi connectivity index (χ2v) is 11.6. The van der Waals surface area contributed by atoms with Crippen molar-refractivity contribution in [1.29, 1.82) is 0 Å². The summed E-state index contributed by atoms with van der Waals surface area (Å²) in [4.78, 5) is 40.3. The summed E-state index contributed by atoms with van der Waals surface area (Å²) < 4.78 is 7.94. The lowest BCUT2D eigenvalue weighted by atomic mass is 9.74. The highest BCUT2D eigenvalue weighted by Crippen LogP contribution is 2.39. The van der Waals surface area contributed by atoms with E-state index in [1.54, 1.807) is 59.1 Å². The molecule has 0 aliphatic carbocycles. The van der Waals surface area contributed by atoms with Crippen molar-refractivity contribution >= 4 is 56.1 Å². The third-order valence-electron chi connectivity index (χ3n) is 6.94. The van der Waals surface area contributed by atoms with E-state index in [2.05, 4.69) is 50.7 Å².